The van der Waals surface area contributed by atoms with Crippen molar-refractivity contribution in [3.63, 3.8) is 0 Å². The van der Waals surface area contributed by atoms with Crippen LogP contribution >= 0.6 is 0 Å². The van der Waals surface area contributed by atoms with Crippen LogP contribution in [-0.4, -0.2) is 69.4 Å². The van der Waals surface area contributed by atoms with Crippen molar-refractivity contribution in [3.05, 3.63) is 24.3 Å². The van der Waals surface area contributed by atoms with Gasteiger partial charge in [-0.2, -0.15) is 0 Å². The van der Waals surface area contributed by atoms with Crippen LogP contribution < -0.4 is 11.1 Å². The fraction of sp³-hybridized carbons (Fsp3) is 0.870. The third-order valence-corrected chi connectivity index (χ3v) is 9.13. The molecule has 52 heavy (non-hydrogen) atoms. The Labute approximate surface area is 327 Å². The van der Waals surface area contributed by atoms with Crippen molar-refractivity contribution >= 4 is 11.8 Å². The molecule has 310 valence electrons. The number of hydrogen-bond donors (Lipinski definition) is 2. The second-order valence-corrected chi connectivity index (χ2v) is 15.4. The number of unbranched alkanes of at least 4 members (excludes halogenated alkanes) is 22. The summed E-state index contributed by atoms with van der Waals surface area (Å²) in [6.07, 6.45) is 46.5. The predicted molar refractivity (Wildman–Crippen MR) is 233 cm³/mol. The Kier molecular flexibility index (Phi) is 51.9. The Morgan fingerprint density at radius 1 is 0.442 bits per heavy atom. The van der Waals surface area contributed by atoms with Crippen LogP contribution in [-0.2, 0) is 9.59 Å². The average molecular weight is 735 g/mol. The first-order valence-electron chi connectivity index (χ1n) is 22.3. The summed E-state index contributed by atoms with van der Waals surface area (Å²) in [5.41, 5.74) is 5.10. The number of nitrogens with one attached hydrogen (secondary N) is 1. The molecule has 0 radical (unpaired) electrons. The quantitative estimate of drug-likeness (QED) is 0.0496. The highest BCUT2D eigenvalue weighted by molar-refractivity contribution is 5.75. The van der Waals surface area contributed by atoms with Crippen molar-refractivity contribution in [1.29, 1.82) is 0 Å². The normalized spacial score (nSPS) is 11.2. The van der Waals surface area contributed by atoms with Crippen molar-refractivity contribution in [1.82, 2.24) is 15.1 Å². The molecule has 0 rings (SSSR count). The van der Waals surface area contributed by atoms with E-state index < -0.39 is 0 Å². The molecule has 0 aromatic rings. The van der Waals surface area contributed by atoms with E-state index in [9.17, 15) is 9.59 Å². The van der Waals surface area contributed by atoms with E-state index in [4.69, 9.17) is 5.73 Å². The number of nitrogens with zero attached hydrogens (tertiary/aromatic N) is 2. The fourth-order valence-corrected chi connectivity index (χ4v) is 5.88. The van der Waals surface area contributed by atoms with Gasteiger partial charge in [0.2, 0.25) is 11.8 Å². The number of nitrogens with two attached hydrogens (primary N) is 1. The Balaban J connectivity index is -0.000000815. The van der Waals surface area contributed by atoms with E-state index in [2.05, 4.69) is 88.4 Å². The molecule has 0 aliphatic heterocycles. The zero-order valence-corrected chi connectivity index (χ0v) is 36.4. The predicted octanol–water partition coefficient (Wildman–Crippen LogP) is 12.6. The maximum atomic E-state index is 11.7. The van der Waals surface area contributed by atoms with E-state index in [0.29, 0.717) is 12.8 Å². The summed E-state index contributed by atoms with van der Waals surface area (Å²) >= 11 is 0. The first-order chi connectivity index (χ1) is 25.2. The van der Waals surface area contributed by atoms with E-state index in [1.54, 1.807) is 0 Å². The van der Waals surface area contributed by atoms with Crippen LogP contribution in [0.3, 0.4) is 0 Å². The summed E-state index contributed by atoms with van der Waals surface area (Å²) < 4.78 is 0. The molecule has 0 spiro atoms. The average Bonchev–Trinajstić information content (AvgIpc) is 3.10. The molecule has 3 N–H and O–H groups in total. The third-order valence-electron chi connectivity index (χ3n) is 9.13. The van der Waals surface area contributed by atoms with E-state index in [0.717, 1.165) is 38.8 Å². The molecule has 0 atom stereocenters. The number of allylic oxidation sites excluding steroid dienone is 4. The molecular formula is C46H94N4O2. The van der Waals surface area contributed by atoms with Crippen LogP contribution in [0.25, 0.3) is 0 Å². The first-order valence-corrected chi connectivity index (χ1v) is 22.3. The Hall–Kier alpha value is -1.66. The first kappa shape index (κ1) is 54.7. The molecule has 2 amide bonds. The molecule has 0 fully saturated rings. The lowest BCUT2D eigenvalue weighted by molar-refractivity contribution is -0.121. The van der Waals surface area contributed by atoms with Crippen LogP contribution in [0.1, 0.15) is 213 Å². The Morgan fingerprint density at radius 2 is 0.788 bits per heavy atom. The molecule has 0 heterocycles. The summed E-state index contributed by atoms with van der Waals surface area (Å²) in [6, 6.07) is 0. The van der Waals surface area contributed by atoms with Gasteiger partial charge in [-0.25, -0.2) is 0 Å². The minimum atomic E-state index is -0.164. The molecule has 0 bridgehead atoms. The van der Waals surface area contributed by atoms with Gasteiger partial charge >= 0.3 is 0 Å². The van der Waals surface area contributed by atoms with E-state index >= 15 is 0 Å². The largest absolute Gasteiger partial charge is 0.370 e. The fourth-order valence-electron chi connectivity index (χ4n) is 5.88. The smallest absolute Gasteiger partial charge is 0.219 e. The molecule has 0 aromatic heterocycles. The van der Waals surface area contributed by atoms with E-state index in [1.165, 1.54) is 161 Å². The molecule has 6 nitrogen and oxygen atoms in total. The second-order valence-electron chi connectivity index (χ2n) is 15.4. The number of rotatable bonds is 36. The van der Waals surface area contributed by atoms with Crippen LogP contribution in [0.4, 0.5) is 0 Å². The topological polar surface area (TPSA) is 78.7 Å². The van der Waals surface area contributed by atoms with E-state index in [-0.39, 0.29) is 11.8 Å². The molecule has 6 heteroatoms. The van der Waals surface area contributed by atoms with Crippen LogP contribution in [0.5, 0.6) is 0 Å². The lowest BCUT2D eigenvalue weighted by Gasteiger charge is -2.09. The second kappa shape index (κ2) is 49.3. The maximum absolute atomic E-state index is 11.7. The molecule has 0 aliphatic carbocycles. The minimum Gasteiger partial charge on any atom is -0.370 e. The van der Waals surface area contributed by atoms with Gasteiger partial charge in [0.1, 0.15) is 0 Å². The van der Waals surface area contributed by atoms with Gasteiger partial charge in [0, 0.05) is 19.4 Å². The van der Waals surface area contributed by atoms with Gasteiger partial charge in [0.05, 0.1) is 0 Å². The Bertz CT molecular complexity index is 751. The highest BCUT2D eigenvalue weighted by Gasteiger charge is 2.01. The van der Waals surface area contributed by atoms with E-state index in [1.807, 2.05) is 0 Å². The van der Waals surface area contributed by atoms with Gasteiger partial charge in [0.15, 0.2) is 0 Å². The van der Waals surface area contributed by atoms with Crippen LogP contribution in [0, 0.1) is 0 Å². The van der Waals surface area contributed by atoms with Crippen LogP contribution in [0.15, 0.2) is 24.3 Å². The van der Waals surface area contributed by atoms with Gasteiger partial charge in [-0.3, -0.25) is 9.59 Å². The lowest BCUT2D eigenvalue weighted by Crippen LogP contribution is -2.26. The molecule has 0 saturated heterocycles. The van der Waals surface area contributed by atoms with Crippen molar-refractivity contribution in [2.75, 3.05) is 47.8 Å². The molecule has 0 saturated carbocycles. The lowest BCUT2D eigenvalue weighted by atomic mass is 10.1. The van der Waals surface area contributed by atoms with Gasteiger partial charge in [-0.1, -0.05) is 148 Å². The number of carbonyl (C=O) groups excluding carboxylic acids is 2. The van der Waals surface area contributed by atoms with Gasteiger partial charge in [-0.15, -0.1) is 0 Å². The van der Waals surface area contributed by atoms with Gasteiger partial charge in [-0.05, 0) is 118 Å². The monoisotopic (exact) mass is 735 g/mol. The zero-order valence-electron chi connectivity index (χ0n) is 36.4. The molecule has 0 aromatic carbocycles. The molecule has 0 unspecified atom stereocenters. The third kappa shape index (κ3) is 60.4. The van der Waals surface area contributed by atoms with Gasteiger partial charge in [0.25, 0.3) is 0 Å². The summed E-state index contributed by atoms with van der Waals surface area (Å²) in [5.74, 6) is 0.0593. The highest BCUT2D eigenvalue weighted by Crippen LogP contribution is 2.11. The summed E-state index contributed by atoms with van der Waals surface area (Å²) in [4.78, 5) is 26.6. The minimum absolute atomic E-state index is 0.164. The zero-order chi connectivity index (χ0) is 39.2. The number of carbonyl (C=O) groups is 2. The van der Waals surface area contributed by atoms with Crippen molar-refractivity contribution < 1.29 is 9.59 Å². The summed E-state index contributed by atoms with van der Waals surface area (Å²) in [6.45, 7) is 9.77. The molecular weight excluding hydrogens is 641 g/mol. The maximum Gasteiger partial charge on any atom is 0.219 e. The van der Waals surface area contributed by atoms with Crippen LogP contribution in [0.2, 0.25) is 0 Å². The molecule has 0 aliphatic rings. The van der Waals surface area contributed by atoms with Crippen molar-refractivity contribution in [2.45, 2.75) is 213 Å². The summed E-state index contributed by atoms with van der Waals surface area (Å²) in [7, 11) is 8.30. The van der Waals surface area contributed by atoms with Crippen molar-refractivity contribution in [3.8, 4) is 0 Å². The number of primary amides is 1. The number of amides is 2. The highest BCUT2D eigenvalue weighted by atomic mass is 16.1. The summed E-state index contributed by atoms with van der Waals surface area (Å²) in [5, 5.41) is 3.01. The van der Waals surface area contributed by atoms with Gasteiger partial charge < -0.3 is 20.9 Å². The number of hydrogen-bond acceptors (Lipinski definition) is 4. The standard InChI is InChI=1S/C23H46N2O.C18H35NO.C5H13N/c1-4-5-6-7-8-9-10-11-12-13-14-15-16-17-18-20-23(26)24-21-19-22-25(2)3;1-2-3-4-5-6-7-8-9-10-11-12-13-14-15-16-17-18(19)20;1-4-5-6(2)3/h11-12H,4-10,13-22H2,1-3H3,(H,24,26);9-10H,2-8,11-17H2,1H3,(H2,19,20);4-5H2,1-3H3/b12-11-;10-9-;. The SMILES string of the molecule is CCCCCCCC/C=C\CCCCCCCC(=O)NCCCN(C)C.CCCCCCCC/C=C\CCCCCCCC(N)=O.CCCN(C)C. The van der Waals surface area contributed by atoms with Crippen molar-refractivity contribution in [2.24, 2.45) is 5.73 Å². The Morgan fingerprint density at radius 3 is 1.12 bits per heavy atom.